The molecule has 0 heterocycles. The van der Waals surface area contributed by atoms with Gasteiger partial charge < -0.3 is 14.8 Å². The van der Waals surface area contributed by atoms with Crippen molar-refractivity contribution in [1.29, 1.82) is 0 Å². The van der Waals surface area contributed by atoms with Gasteiger partial charge >= 0.3 is 0 Å². The van der Waals surface area contributed by atoms with Crippen molar-refractivity contribution in [1.82, 2.24) is 5.32 Å². The molecule has 1 rings (SSSR count). The van der Waals surface area contributed by atoms with Crippen molar-refractivity contribution in [3.63, 3.8) is 0 Å². The van der Waals surface area contributed by atoms with Crippen LogP contribution in [0.15, 0.2) is 0 Å². The smallest absolute Gasteiger partial charge is 0.0701 e. The average molecular weight is 257 g/mol. The van der Waals surface area contributed by atoms with E-state index in [1.54, 1.807) is 0 Å². The Hall–Kier alpha value is -0.120. The number of hydrogen-bond donors (Lipinski definition) is 1. The van der Waals surface area contributed by atoms with E-state index in [0.717, 1.165) is 38.8 Å². The van der Waals surface area contributed by atoms with Crippen LogP contribution in [0.25, 0.3) is 0 Å². The zero-order chi connectivity index (χ0) is 13.1. The van der Waals surface area contributed by atoms with E-state index >= 15 is 0 Å². The molecule has 1 saturated carbocycles. The Morgan fingerprint density at radius 2 is 1.78 bits per heavy atom. The first-order chi connectivity index (χ1) is 8.88. The largest absolute Gasteiger partial charge is 0.379 e. The second-order valence-electron chi connectivity index (χ2n) is 5.33. The lowest BCUT2D eigenvalue weighted by Gasteiger charge is -2.29. The molecule has 1 unspecified atom stereocenters. The van der Waals surface area contributed by atoms with Crippen LogP contribution >= 0.6 is 0 Å². The average Bonchev–Trinajstić information content (AvgIpc) is 2.43. The molecule has 3 heteroatoms. The van der Waals surface area contributed by atoms with E-state index < -0.39 is 0 Å². The van der Waals surface area contributed by atoms with Crippen molar-refractivity contribution < 1.29 is 9.47 Å². The number of likely N-dealkylation sites (N-methyl/N-ethyl adjacent to an activating group) is 1. The van der Waals surface area contributed by atoms with Gasteiger partial charge in [0.05, 0.1) is 19.8 Å². The fraction of sp³-hybridized carbons (Fsp3) is 1.00. The molecular weight excluding hydrogens is 226 g/mol. The van der Waals surface area contributed by atoms with Crippen LogP contribution in [0.4, 0.5) is 0 Å². The molecule has 0 radical (unpaired) electrons. The predicted octanol–water partition coefficient (Wildman–Crippen LogP) is 2.99. The molecule has 0 saturated heterocycles. The molecule has 0 aromatic heterocycles. The van der Waals surface area contributed by atoms with Crippen molar-refractivity contribution >= 4 is 0 Å². The van der Waals surface area contributed by atoms with Gasteiger partial charge in [0, 0.05) is 12.6 Å². The minimum Gasteiger partial charge on any atom is -0.379 e. The number of ether oxygens (including phenoxy) is 2. The van der Waals surface area contributed by atoms with Crippen LogP contribution in [0.3, 0.4) is 0 Å². The van der Waals surface area contributed by atoms with Crippen LogP contribution in [0.5, 0.6) is 0 Å². The summed E-state index contributed by atoms with van der Waals surface area (Å²) in [4.78, 5) is 0. The van der Waals surface area contributed by atoms with Crippen molar-refractivity contribution in [2.45, 2.75) is 57.9 Å². The second kappa shape index (κ2) is 10.8. The van der Waals surface area contributed by atoms with Gasteiger partial charge in [0.1, 0.15) is 0 Å². The van der Waals surface area contributed by atoms with E-state index in [2.05, 4.69) is 19.3 Å². The lowest BCUT2D eigenvalue weighted by molar-refractivity contribution is 0.0296. The molecule has 0 amide bonds. The molecule has 1 N–H and O–H groups in total. The van der Waals surface area contributed by atoms with E-state index in [1.165, 1.54) is 38.5 Å². The molecule has 0 aromatic carbocycles. The van der Waals surface area contributed by atoms with Gasteiger partial charge in [-0.15, -0.1) is 0 Å². The Morgan fingerprint density at radius 3 is 2.44 bits per heavy atom. The Morgan fingerprint density at radius 1 is 1.06 bits per heavy atom. The molecule has 1 aliphatic carbocycles. The summed E-state index contributed by atoms with van der Waals surface area (Å²) in [7, 11) is 2.06. The molecule has 0 spiro atoms. The lowest BCUT2D eigenvalue weighted by atomic mass is 9.84. The van der Waals surface area contributed by atoms with Gasteiger partial charge in [0.2, 0.25) is 0 Å². The molecule has 1 aliphatic rings. The minimum atomic E-state index is 0.529. The normalized spacial score (nSPS) is 19.0. The predicted molar refractivity (Wildman–Crippen MR) is 76.0 cm³/mol. The molecule has 3 nitrogen and oxygen atoms in total. The minimum absolute atomic E-state index is 0.529. The highest BCUT2D eigenvalue weighted by molar-refractivity contribution is 4.77. The summed E-state index contributed by atoms with van der Waals surface area (Å²) in [5, 5.41) is 3.42. The summed E-state index contributed by atoms with van der Waals surface area (Å²) in [6.07, 6.45) is 9.28. The zero-order valence-corrected chi connectivity index (χ0v) is 12.2. The van der Waals surface area contributed by atoms with E-state index in [-0.39, 0.29) is 0 Å². The molecule has 108 valence electrons. The van der Waals surface area contributed by atoms with E-state index in [9.17, 15) is 0 Å². The van der Waals surface area contributed by atoms with Gasteiger partial charge in [-0.1, -0.05) is 32.6 Å². The monoisotopic (exact) mass is 257 g/mol. The number of unbranched alkanes of at least 4 members (excludes halogenated alkanes) is 1. The SMILES string of the molecule is CCCCOCCOCC(NC)C1CCCCC1. The van der Waals surface area contributed by atoms with Crippen LogP contribution < -0.4 is 5.32 Å². The molecular formula is C15H31NO2. The standard InChI is InChI=1S/C15H31NO2/c1-3-4-10-17-11-12-18-13-15(16-2)14-8-6-5-7-9-14/h14-16H,3-13H2,1-2H3. The van der Waals surface area contributed by atoms with Gasteiger partial charge in [-0.25, -0.2) is 0 Å². The van der Waals surface area contributed by atoms with Gasteiger partial charge in [-0.2, -0.15) is 0 Å². The van der Waals surface area contributed by atoms with Crippen molar-refractivity contribution in [2.24, 2.45) is 5.92 Å². The molecule has 0 aromatic rings. The first kappa shape index (κ1) is 15.9. The molecule has 0 aliphatic heterocycles. The molecule has 18 heavy (non-hydrogen) atoms. The summed E-state index contributed by atoms with van der Waals surface area (Å²) in [6, 6.07) is 0.529. The van der Waals surface area contributed by atoms with Crippen molar-refractivity contribution in [3.05, 3.63) is 0 Å². The maximum absolute atomic E-state index is 5.73. The summed E-state index contributed by atoms with van der Waals surface area (Å²) < 4.78 is 11.2. The molecule has 1 atom stereocenters. The maximum atomic E-state index is 5.73. The van der Waals surface area contributed by atoms with Crippen LogP contribution in [0, 0.1) is 5.92 Å². The van der Waals surface area contributed by atoms with E-state index in [1.807, 2.05) is 0 Å². The molecule has 0 bridgehead atoms. The van der Waals surface area contributed by atoms with Crippen molar-refractivity contribution in [2.75, 3.05) is 33.5 Å². The summed E-state index contributed by atoms with van der Waals surface area (Å²) in [5.74, 6) is 0.810. The Labute approximate surface area is 113 Å². The maximum Gasteiger partial charge on any atom is 0.0701 e. The van der Waals surface area contributed by atoms with Gasteiger partial charge in [-0.05, 0) is 32.2 Å². The van der Waals surface area contributed by atoms with Crippen LogP contribution in [0.2, 0.25) is 0 Å². The second-order valence-corrected chi connectivity index (χ2v) is 5.33. The highest BCUT2D eigenvalue weighted by atomic mass is 16.5. The van der Waals surface area contributed by atoms with Crippen LogP contribution in [-0.2, 0) is 9.47 Å². The lowest BCUT2D eigenvalue weighted by Crippen LogP contribution is -2.39. The van der Waals surface area contributed by atoms with Gasteiger partial charge in [0.15, 0.2) is 0 Å². The van der Waals surface area contributed by atoms with Crippen LogP contribution in [-0.4, -0.2) is 39.5 Å². The summed E-state index contributed by atoms with van der Waals surface area (Å²) in [6.45, 7) is 5.35. The third-order valence-electron chi connectivity index (χ3n) is 3.90. The zero-order valence-electron chi connectivity index (χ0n) is 12.2. The van der Waals surface area contributed by atoms with E-state index in [4.69, 9.17) is 9.47 Å². The third-order valence-corrected chi connectivity index (χ3v) is 3.90. The van der Waals surface area contributed by atoms with Crippen LogP contribution in [0.1, 0.15) is 51.9 Å². The van der Waals surface area contributed by atoms with Gasteiger partial charge in [0.25, 0.3) is 0 Å². The summed E-state index contributed by atoms with van der Waals surface area (Å²) >= 11 is 0. The fourth-order valence-corrected chi connectivity index (χ4v) is 2.67. The number of nitrogens with one attached hydrogen (secondary N) is 1. The van der Waals surface area contributed by atoms with Crippen molar-refractivity contribution in [3.8, 4) is 0 Å². The quantitative estimate of drug-likeness (QED) is 0.610. The Bertz CT molecular complexity index is 181. The highest BCUT2D eigenvalue weighted by Gasteiger charge is 2.22. The fourth-order valence-electron chi connectivity index (χ4n) is 2.67. The Balaban J connectivity index is 2.00. The summed E-state index contributed by atoms with van der Waals surface area (Å²) in [5.41, 5.74) is 0. The topological polar surface area (TPSA) is 30.5 Å². The highest BCUT2D eigenvalue weighted by Crippen LogP contribution is 2.26. The first-order valence-electron chi connectivity index (χ1n) is 7.71. The van der Waals surface area contributed by atoms with E-state index in [0.29, 0.717) is 6.04 Å². The molecule has 1 fully saturated rings. The van der Waals surface area contributed by atoms with Gasteiger partial charge in [-0.3, -0.25) is 0 Å². The Kier molecular flexibility index (Phi) is 9.54. The first-order valence-corrected chi connectivity index (χ1v) is 7.71. The third kappa shape index (κ3) is 6.72. The number of hydrogen-bond acceptors (Lipinski definition) is 3. The number of rotatable bonds is 10.